The summed E-state index contributed by atoms with van der Waals surface area (Å²) in [7, 11) is 0. The molecular formula is C14H9N2. The summed E-state index contributed by atoms with van der Waals surface area (Å²) in [5, 5.41) is 1.06. The van der Waals surface area contributed by atoms with Gasteiger partial charge in [0.25, 0.3) is 0 Å². The number of para-hydroxylation sites is 1. The number of rotatable bonds is 1. The van der Waals surface area contributed by atoms with Crippen molar-refractivity contribution in [1.29, 1.82) is 0 Å². The van der Waals surface area contributed by atoms with Crippen LogP contribution in [0.2, 0.25) is 0 Å². The van der Waals surface area contributed by atoms with E-state index in [2.05, 4.69) is 16.3 Å². The van der Waals surface area contributed by atoms with E-state index in [0.29, 0.717) is 0 Å². The van der Waals surface area contributed by atoms with Gasteiger partial charge in [-0.05, 0) is 6.07 Å². The Balaban J connectivity index is 2.32. The van der Waals surface area contributed by atoms with E-state index >= 15 is 0 Å². The first kappa shape index (κ1) is 9.04. The Labute approximate surface area is 93.6 Å². The van der Waals surface area contributed by atoms with Crippen molar-refractivity contribution in [3.8, 4) is 11.3 Å². The predicted octanol–water partition coefficient (Wildman–Crippen LogP) is 3.10. The molecule has 0 aliphatic heterocycles. The van der Waals surface area contributed by atoms with Crippen molar-refractivity contribution in [1.82, 2.24) is 9.97 Å². The van der Waals surface area contributed by atoms with Crippen LogP contribution in [0.15, 0.2) is 54.6 Å². The van der Waals surface area contributed by atoms with Crippen molar-refractivity contribution >= 4 is 10.9 Å². The molecule has 2 aromatic carbocycles. The average Bonchev–Trinajstić information content (AvgIpc) is 2.39. The predicted molar refractivity (Wildman–Crippen MR) is 63.8 cm³/mol. The molecule has 0 atom stereocenters. The Morgan fingerprint density at radius 3 is 2.38 bits per heavy atom. The second-order valence-electron chi connectivity index (χ2n) is 3.56. The lowest BCUT2D eigenvalue weighted by atomic mass is 10.1. The highest BCUT2D eigenvalue weighted by atomic mass is 14.8. The van der Waals surface area contributed by atoms with Crippen LogP contribution < -0.4 is 0 Å². The topological polar surface area (TPSA) is 25.8 Å². The van der Waals surface area contributed by atoms with Gasteiger partial charge in [-0.3, -0.25) is 0 Å². The van der Waals surface area contributed by atoms with Crippen molar-refractivity contribution in [3.63, 3.8) is 0 Å². The molecule has 0 spiro atoms. The second kappa shape index (κ2) is 3.74. The number of fused-ring (bicyclic) bond motifs is 1. The van der Waals surface area contributed by atoms with E-state index in [1.165, 1.54) is 0 Å². The van der Waals surface area contributed by atoms with Gasteiger partial charge in [-0.2, -0.15) is 0 Å². The zero-order valence-electron chi connectivity index (χ0n) is 8.59. The monoisotopic (exact) mass is 205 g/mol. The lowest BCUT2D eigenvalue weighted by Crippen LogP contribution is -1.88. The summed E-state index contributed by atoms with van der Waals surface area (Å²) in [5.74, 6) is 0. The molecule has 0 N–H and O–H groups in total. The van der Waals surface area contributed by atoms with Crippen LogP contribution in [0.3, 0.4) is 0 Å². The van der Waals surface area contributed by atoms with Gasteiger partial charge < -0.3 is 0 Å². The van der Waals surface area contributed by atoms with Crippen molar-refractivity contribution < 1.29 is 0 Å². The highest BCUT2D eigenvalue weighted by molar-refractivity contribution is 5.91. The molecule has 0 saturated carbocycles. The van der Waals surface area contributed by atoms with Gasteiger partial charge in [0.1, 0.15) is 0 Å². The molecule has 0 aliphatic carbocycles. The lowest BCUT2D eigenvalue weighted by Gasteiger charge is -2.03. The molecule has 0 fully saturated rings. The van der Waals surface area contributed by atoms with E-state index in [1.807, 2.05) is 54.6 Å². The summed E-state index contributed by atoms with van der Waals surface area (Å²) >= 11 is 0. The summed E-state index contributed by atoms with van der Waals surface area (Å²) in [6.45, 7) is 0. The van der Waals surface area contributed by atoms with E-state index in [-0.39, 0.29) is 0 Å². The highest BCUT2D eigenvalue weighted by Crippen LogP contribution is 2.24. The highest BCUT2D eigenvalue weighted by Gasteiger charge is 2.04. The van der Waals surface area contributed by atoms with Crippen LogP contribution in [0, 0.1) is 6.33 Å². The minimum atomic E-state index is 0.927. The van der Waals surface area contributed by atoms with Crippen LogP contribution in [0.1, 0.15) is 0 Å². The third-order valence-electron chi connectivity index (χ3n) is 2.54. The van der Waals surface area contributed by atoms with Gasteiger partial charge in [0.15, 0.2) is 6.33 Å². The Hall–Kier alpha value is -2.22. The van der Waals surface area contributed by atoms with E-state index in [0.717, 1.165) is 22.2 Å². The summed E-state index contributed by atoms with van der Waals surface area (Å²) < 4.78 is 0. The molecule has 0 amide bonds. The number of benzene rings is 2. The smallest absolute Gasteiger partial charge is 0.198 e. The van der Waals surface area contributed by atoms with Crippen LogP contribution in [-0.2, 0) is 0 Å². The average molecular weight is 205 g/mol. The molecule has 3 rings (SSSR count). The lowest BCUT2D eigenvalue weighted by molar-refractivity contribution is 1.20. The second-order valence-corrected chi connectivity index (χ2v) is 3.56. The number of nitrogens with zero attached hydrogens (tertiary/aromatic N) is 2. The fraction of sp³-hybridized carbons (Fsp3) is 0. The van der Waals surface area contributed by atoms with Gasteiger partial charge in [0.05, 0.1) is 11.2 Å². The van der Waals surface area contributed by atoms with Crippen LogP contribution in [-0.4, -0.2) is 9.97 Å². The van der Waals surface area contributed by atoms with Gasteiger partial charge in [-0.1, -0.05) is 48.5 Å². The Morgan fingerprint density at radius 1 is 0.750 bits per heavy atom. The van der Waals surface area contributed by atoms with Crippen LogP contribution >= 0.6 is 0 Å². The zero-order chi connectivity index (χ0) is 10.8. The molecule has 2 heteroatoms. The number of hydrogen-bond acceptors (Lipinski definition) is 2. The molecular weight excluding hydrogens is 196 g/mol. The molecule has 16 heavy (non-hydrogen) atoms. The van der Waals surface area contributed by atoms with Gasteiger partial charge in [-0.25, -0.2) is 9.97 Å². The van der Waals surface area contributed by atoms with E-state index in [4.69, 9.17) is 0 Å². The molecule has 3 aromatic rings. The Morgan fingerprint density at radius 2 is 1.50 bits per heavy atom. The summed E-state index contributed by atoms with van der Waals surface area (Å²) in [5.41, 5.74) is 2.96. The Kier molecular flexibility index (Phi) is 2.11. The van der Waals surface area contributed by atoms with Gasteiger partial charge in [0.2, 0.25) is 0 Å². The van der Waals surface area contributed by atoms with E-state index < -0.39 is 0 Å². The Bertz CT molecular complexity index is 612. The number of hydrogen-bond donors (Lipinski definition) is 0. The maximum atomic E-state index is 4.24. The van der Waals surface area contributed by atoms with Crippen LogP contribution in [0.5, 0.6) is 0 Å². The van der Waals surface area contributed by atoms with Gasteiger partial charge >= 0.3 is 0 Å². The summed E-state index contributed by atoms with van der Waals surface area (Å²) in [6, 6.07) is 18.1. The first-order valence-electron chi connectivity index (χ1n) is 5.13. The van der Waals surface area contributed by atoms with Crippen molar-refractivity contribution in [3.05, 3.63) is 60.9 Å². The largest absolute Gasteiger partial charge is 0.225 e. The normalized spacial score (nSPS) is 10.5. The van der Waals surface area contributed by atoms with Crippen LogP contribution in [0.4, 0.5) is 0 Å². The maximum absolute atomic E-state index is 4.24. The molecule has 1 aromatic heterocycles. The summed E-state index contributed by atoms with van der Waals surface area (Å²) in [6.07, 6.45) is 2.70. The fourth-order valence-electron chi connectivity index (χ4n) is 1.78. The molecule has 0 saturated heterocycles. The molecule has 2 nitrogen and oxygen atoms in total. The first-order chi connectivity index (χ1) is 7.95. The van der Waals surface area contributed by atoms with Gasteiger partial charge in [-0.15, -0.1) is 0 Å². The SMILES string of the molecule is [c]1nc(-c2ccccc2)c2ccccc2n1. The fourth-order valence-corrected chi connectivity index (χ4v) is 1.78. The van der Waals surface area contributed by atoms with Crippen molar-refractivity contribution in [2.45, 2.75) is 0 Å². The molecule has 1 radical (unpaired) electrons. The quantitative estimate of drug-likeness (QED) is 0.610. The maximum Gasteiger partial charge on any atom is 0.198 e. The van der Waals surface area contributed by atoms with E-state index in [1.54, 1.807) is 0 Å². The minimum absolute atomic E-state index is 0.927. The van der Waals surface area contributed by atoms with Crippen LogP contribution in [0.25, 0.3) is 22.2 Å². The first-order valence-corrected chi connectivity index (χ1v) is 5.13. The zero-order valence-corrected chi connectivity index (χ0v) is 8.59. The minimum Gasteiger partial charge on any atom is -0.225 e. The standard InChI is InChI=1S/C14H9N2/c1-2-6-11(7-3-1)14-12-8-4-5-9-13(12)15-10-16-14/h1-9H. The molecule has 0 bridgehead atoms. The van der Waals surface area contributed by atoms with Gasteiger partial charge in [0, 0.05) is 10.9 Å². The molecule has 1 heterocycles. The molecule has 0 unspecified atom stereocenters. The molecule has 0 aliphatic rings. The molecule has 75 valence electrons. The van der Waals surface area contributed by atoms with Crippen molar-refractivity contribution in [2.75, 3.05) is 0 Å². The number of aromatic nitrogens is 2. The van der Waals surface area contributed by atoms with E-state index in [9.17, 15) is 0 Å². The third-order valence-corrected chi connectivity index (χ3v) is 2.54. The third kappa shape index (κ3) is 1.44. The van der Waals surface area contributed by atoms with Crippen molar-refractivity contribution in [2.24, 2.45) is 0 Å². The summed E-state index contributed by atoms with van der Waals surface area (Å²) in [4.78, 5) is 8.37.